The maximum Gasteiger partial charge on any atom is 0.335 e. The van der Waals surface area contributed by atoms with Crippen molar-refractivity contribution in [1.29, 1.82) is 0 Å². The van der Waals surface area contributed by atoms with Crippen LogP contribution in [0, 0.1) is 0 Å². The summed E-state index contributed by atoms with van der Waals surface area (Å²) in [6, 6.07) is 12.9. The molecule has 5 heteroatoms. The molecule has 1 N–H and O–H groups in total. The first-order chi connectivity index (χ1) is 11.5. The van der Waals surface area contributed by atoms with Crippen molar-refractivity contribution in [3.05, 3.63) is 65.2 Å². The summed E-state index contributed by atoms with van der Waals surface area (Å²) >= 11 is 0. The van der Waals surface area contributed by atoms with Gasteiger partial charge in [-0.05, 0) is 37.4 Å². The quantitative estimate of drug-likeness (QED) is 0.595. The second kappa shape index (κ2) is 8.26. The molecule has 2 aromatic rings. The van der Waals surface area contributed by atoms with Gasteiger partial charge in [-0.2, -0.15) is 0 Å². The highest BCUT2D eigenvalue weighted by Crippen LogP contribution is 2.17. The van der Waals surface area contributed by atoms with Crippen molar-refractivity contribution in [3.63, 3.8) is 0 Å². The Bertz CT molecular complexity index is 706. The highest BCUT2D eigenvalue weighted by molar-refractivity contribution is 6.09. The zero-order valence-corrected chi connectivity index (χ0v) is 13.9. The Kier molecular flexibility index (Phi) is 6.09. The summed E-state index contributed by atoms with van der Waals surface area (Å²) in [5, 5.41) is 8.91. The van der Waals surface area contributed by atoms with Gasteiger partial charge in [-0.3, -0.25) is 9.69 Å². The summed E-state index contributed by atoms with van der Waals surface area (Å²) in [5.41, 5.74) is 1.11. The number of ether oxygens (including phenoxy) is 1. The van der Waals surface area contributed by atoms with Crippen molar-refractivity contribution in [2.45, 2.75) is 13.8 Å². The van der Waals surface area contributed by atoms with Crippen LogP contribution < -0.4 is 4.74 Å². The van der Waals surface area contributed by atoms with Crippen LogP contribution in [0.15, 0.2) is 48.5 Å². The molecule has 0 aromatic heterocycles. The van der Waals surface area contributed by atoms with Crippen LogP contribution >= 0.6 is 0 Å². The highest BCUT2D eigenvalue weighted by atomic mass is 16.5. The molecule has 2 rings (SSSR count). The second-order valence-electron chi connectivity index (χ2n) is 5.32. The molecule has 0 radical (unpaired) electrons. The van der Waals surface area contributed by atoms with Crippen LogP contribution in [0.5, 0.6) is 5.75 Å². The van der Waals surface area contributed by atoms with E-state index in [0.29, 0.717) is 23.6 Å². The topological polar surface area (TPSA) is 66.8 Å². The van der Waals surface area contributed by atoms with Gasteiger partial charge in [-0.25, -0.2) is 4.79 Å². The molecule has 126 valence electrons. The first kappa shape index (κ1) is 17.7. The van der Waals surface area contributed by atoms with Gasteiger partial charge in [0.25, 0.3) is 0 Å². The van der Waals surface area contributed by atoms with Gasteiger partial charge < -0.3 is 9.84 Å². The summed E-state index contributed by atoms with van der Waals surface area (Å²) in [4.78, 5) is 25.5. The number of hydrogen-bond acceptors (Lipinski definition) is 4. The molecule has 24 heavy (non-hydrogen) atoms. The first-order valence-corrected chi connectivity index (χ1v) is 7.88. The van der Waals surface area contributed by atoms with Crippen molar-refractivity contribution in [2.24, 2.45) is 0 Å². The minimum absolute atomic E-state index is 0.155. The Labute approximate surface area is 141 Å². The van der Waals surface area contributed by atoms with Gasteiger partial charge in [0, 0.05) is 11.1 Å². The monoisotopic (exact) mass is 327 g/mol. The molecule has 0 amide bonds. The van der Waals surface area contributed by atoms with Gasteiger partial charge in [0.2, 0.25) is 0 Å². The van der Waals surface area contributed by atoms with Crippen LogP contribution in [0.4, 0.5) is 0 Å². The van der Waals surface area contributed by atoms with Gasteiger partial charge in [-0.1, -0.05) is 38.1 Å². The lowest BCUT2D eigenvalue weighted by Gasteiger charge is -2.18. The largest absolute Gasteiger partial charge is 0.478 e. The Hall–Kier alpha value is -2.66. The van der Waals surface area contributed by atoms with E-state index in [1.165, 1.54) is 24.3 Å². The minimum atomic E-state index is -1.01. The molecule has 2 aromatic carbocycles. The molecular formula is C19H21NO4. The van der Waals surface area contributed by atoms with Gasteiger partial charge in [0.05, 0.1) is 5.56 Å². The molecule has 5 nitrogen and oxygen atoms in total. The van der Waals surface area contributed by atoms with Gasteiger partial charge >= 0.3 is 5.97 Å². The number of carbonyl (C=O) groups is 2. The van der Waals surface area contributed by atoms with E-state index in [-0.39, 0.29) is 11.3 Å². The Morgan fingerprint density at radius 1 is 0.958 bits per heavy atom. The molecule has 0 saturated carbocycles. The maximum atomic E-state index is 12.5. The second-order valence-corrected chi connectivity index (χ2v) is 5.32. The molecule has 0 saturated heterocycles. The zero-order chi connectivity index (χ0) is 17.5. The third kappa shape index (κ3) is 4.43. The first-order valence-electron chi connectivity index (χ1n) is 7.88. The van der Waals surface area contributed by atoms with E-state index in [4.69, 9.17) is 9.84 Å². The smallest absolute Gasteiger partial charge is 0.335 e. The van der Waals surface area contributed by atoms with Crippen LogP contribution in [0.3, 0.4) is 0 Å². The summed E-state index contributed by atoms with van der Waals surface area (Å²) in [6.07, 6.45) is 0. The number of carbonyl (C=O) groups excluding carboxylic acids is 1. The lowest BCUT2D eigenvalue weighted by molar-refractivity contribution is 0.0696. The van der Waals surface area contributed by atoms with Crippen molar-refractivity contribution >= 4 is 11.8 Å². The van der Waals surface area contributed by atoms with E-state index < -0.39 is 5.97 Å². The number of ketones is 1. The molecule has 0 bridgehead atoms. The predicted molar refractivity (Wildman–Crippen MR) is 91.7 cm³/mol. The van der Waals surface area contributed by atoms with E-state index in [1.807, 2.05) is 6.07 Å². The molecule has 0 aliphatic rings. The standard InChI is InChI=1S/C19H21NO4/c1-3-20(4-2)13-24-17-7-5-6-16(12-17)18(21)14-8-10-15(11-9-14)19(22)23/h5-12H,3-4,13H2,1-2H3,(H,22,23). The van der Waals surface area contributed by atoms with E-state index in [9.17, 15) is 9.59 Å². The zero-order valence-electron chi connectivity index (χ0n) is 13.9. The average molecular weight is 327 g/mol. The van der Waals surface area contributed by atoms with Crippen molar-refractivity contribution < 1.29 is 19.4 Å². The summed E-state index contributed by atoms with van der Waals surface area (Å²) < 4.78 is 5.72. The number of nitrogens with zero attached hydrogens (tertiary/aromatic N) is 1. The maximum absolute atomic E-state index is 12.5. The number of carboxylic acid groups (broad SMARTS) is 1. The summed E-state index contributed by atoms with van der Waals surface area (Å²) in [5.74, 6) is -0.545. The number of benzene rings is 2. The van der Waals surface area contributed by atoms with Crippen molar-refractivity contribution in [1.82, 2.24) is 4.90 Å². The third-order valence-electron chi connectivity index (χ3n) is 3.80. The number of hydrogen-bond donors (Lipinski definition) is 1. The fourth-order valence-corrected chi connectivity index (χ4v) is 2.23. The average Bonchev–Trinajstić information content (AvgIpc) is 2.62. The van der Waals surface area contributed by atoms with Crippen LogP contribution in [0.25, 0.3) is 0 Å². The van der Waals surface area contributed by atoms with Crippen molar-refractivity contribution in [3.8, 4) is 5.75 Å². The Balaban J connectivity index is 2.12. The van der Waals surface area contributed by atoms with E-state index in [0.717, 1.165) is 13.1 Å². The molecule has 0 fully saturated rings. The highest BCUT2D eigenvalue weighted by Gasteiger charge is 2.11. The third-order valence-corrected chi connectivity index (χ3v) is 3.80. The normalized spacial score (nSPS) is 10.6. The lowest BCUT2D eigenvalue weighted by Crippen LogP contribution is -2.27. The SMILES string of the molecule is CCN(CC)COc1cccc(C(=O)c2ccc(C(=O)O)cc2)c1. The molecule has 0 atom stereocenters. The fraction of sp³-hybridized carbons (Fsp3) is 0.263. The molecule has 0 aliphatic carbocycles. The van der Waals surface area contributed by atoms with Gasteiger partial charge in [0.1, 0.15) is 12.5 Å². The predicted octanol–water partition coefficient (Wildman–Crippen LogP) is 3.29. The van der Waals surface area contributed by atoms with Crippen molar-refractivity contribution in [2.75, 3.05) is 19.8 Å². The summed E-state index contributed by atoms with van der Waals surface area (Å²) in [7, 11) is 0. The molecular weight excluding hydrogens is 306 g/mol. The molecule has 0 spiro atoms. The number of aromatic carboxylic acids is 1. The number of carboxylic acids is 1. The number of rotatable bonds is 8. The minimum Gasteiger partial charge on any atom is -0.478 e. The fourth-order valence-electron chi connectivity index (χ4n) is 2.23. The van der Waals surface area contributed by atoms with E-state index >= 15 is 0 Å². The van der Waals surface area contributed by atoms with Crippen LogP contribution in [0.1, 0.15) is 40.1 Å². The Morgan fingerprint density at radius 3 is 2.17 bits per heavy atom. The van der Waals surface area contributed by atoms with Gasteiger partial charge in [-0.15, -0.1) is 0 Å². The van der Waals surface area contributed by atoms with Crippen LogP contribution in [-0.4, -0.2) is 41.6 Å². The molecule has 0 aliphatic heterocycles. The lowest BCUT2D eigenvalue weighted by atomic mass is 10.0. The molecule has 0 heterocycles. The van der Waals surface area contributed by atoms with Gasteiger partial charge in [0.15, 0.2) is 5.78 Å². The Morgan fingerprint density at radius 2 is 1.58 bits per heavy atom. The summed E-state index contributed by atoms with van der Waals surface area (Å²) in [6.45, 7) is 6.38. The van der Waals surface area contributed by atoms with E-state index in [2.05, 4.69) is 18.7 Å². The van der Waals surface area contributed by atoms with Crippen LogP contribution in [0.2, 0.25) is 0 Å². The van der Waals surface area contributed by atoms with Crippen LogP contribution in [-0.2, 0) is 0 Å². The molecule has 0 unspecified atom stereocenters. The van der Waals surface area contributed by atoms with E-state index in [1.54, 1.807) is 18.2 Å².